The molecule has 2 aromatic rings. The summed E-state index contributed by atoms with van der Waals surface area (Å²) in [5.74, 6) is -2.37. The topological polar surface area (TPSA) is 146 Å². The van der Waals surface area contributed by atoms with Gasteiger partial charge in [-0.3, -0.25) is 9.69 Å². The Morgan fingerprint density at radius 3 is 2.25 bits per heavy atom. The Kier molecular flexibility index (Phi) is 8.65. The maximum Gasteiger partial charge on any atom is 0.435 e. The molecule has 12 nitrogen and oxygen atoms in total. The van der Waals surface area contributed by atoms with E-state index in [4.69, 9.17) is 4.74 Å². The van der Waals surface area contributed by atoms with Gasteiger partial charge in [0.05, 0.1) is 17.8 Å². The van der Waals surface area contributed by atoms with Crippen molar-refractivity contribution in [1.82, 2.24) is 30.2 Å². The lowest BCUT2D eigenvalue weighted by molar-refractivity contribution is -0.153. The first-order chi connectivity index (χ1) is 18.5. The lowest BCUT2D eigenvalue weighted by Crippen LogP contribution is -2.68. The summed E-state index contributed by atoms with van der Waals surface area (Å²) in [6, 6.07) is 7.31. The van der Waals surface area contributed by atoms with Crippen LogP contribution in [0.25, 0.3) is 5.69 Å². The Morgan fingerprint density at radius 1 is 1.05 bits per heavy atom. The molecule has 1 unspecified atom stereocenters. The van der Waals surface area contributed by atoms with Crippen LogP contribution in [0.3, 0.4) is 0 Å². The van der Waals surface area contributed by atoms with Gasteiger partial charge in [-0.2, -0.15) is 18.3 Å². The summed E-state index contributed by atoms with van der Waals surface area (Å²) in [6.07, 6.45) is -4.73. The van der Waals surface area contributed by atoms with E-state index in [1.807, 2.05) is 0 Å². The molecule has 0 radical (unpaired) electrons. The molecule has 0 bridgehead atoms. The molecule has 15 heteroatoms. The molecule has 1 saturated heterocycles. The first-order valence-corrected chi connectivity index (χ1v) is 12.3. The number of para-hydroxylation sites is 1. The zero-order chi connectivity index (χ0) is 29.9. The van der Waals surface area contributed by atoms with Crippen molar-refractivity contribution in [3.63, 3.8) is 0 Å². The van der Waals surface area contributed by atoms with Crippen molar-refractivity contribution < 1.29 is 42.2 Å². The Labute approximate surface area is 228 Å². The van der Waals surface area contributed by atoms with Crippen molar-refractivity contribution in [2.75, 3.05) is 32.7 Å². The number of urea groups is 1. The van der Waals surface area contributed by atoms with Crippen LogP contribution in [-0.2, 0) is 15.7 Å². The zero-order valence-electron chi connectivity index (χ0n) is 22.4. The van der Waals surface area contributed by atoms with Crippen LogP contribution in [0.15, 0.2) is 36.5 Å². The summed E-state index contributed by atoms with van der Waals surface area (Å²) >= 11 is 0. The fourth-order valence-corrected chi connectivity index (χ4v) is 3.98. The number of aromatic nitrogens is 2. The summed E-state index contributed by atoms with van der Waals surface area (Å²) < 4.78 is 46.8. The SMILES string of the molecule is CC(C)(C)OC(=O)N1CCN(C(=O)NCCNC(=O)c2cn(-c3ccccc3)nc2C(F)(F)F)CC1(C)C(=O)O. The highest BCUT2D eigenvalue weighted by Gasteiger charge is 2.49. The van der Waals surface area contributed by atoms with Crippen LogP contribution in [0.1, 0.15) is 43.7 Å². The van der Waals surface area contributed by atoms with Crippen molar-refractivity contribution in [1.29, 1.82) is 0 Å². The van der Waals surface area contributed by atoms with Crippen LogP contribution in [-0.4, -0.2) is 92.6 Å². The standard InChI is InChI=1S/C25H31F3N6O6/c1-23(2,3)40-22(39)33-13-12-32(15-24(33,4)20(36)37)21(38)30-11-10-29-19(35)17-14-34(16-8-6-5-7-9-16)31-18(17)25(26,27)28/h5-9,14H,10-13,15H2,1-4H3,(H,29,35)(H,30,38)(H,36,37). The number of hydrogen-bond donors (Lipinski definition) is 3. The average molecular weight is 569 g/mol. The normalized spacial score (nSPS) is 17.8. The van der Waals surface area contributed by atoms with Gasteiger partial charge in [-0.05, 0) is 39.8 Å². The van der Waals surface area contributed by atoms with E-state index in [9.17, 15) is 37.5 Å². The largest absolute Gasteiger partial charge is 0.479 e. The van der Waals surface area contributed by atoms with Gasteiger partial charge in [-0.1, -0.05) is 18.2 Å². The first-order valence-electron chi connectivity index (χ1n) is 12.3. The molecule has 1 aliphatic rings. The third-order valence-electron chi connectivity index (χ3n) is 5.98. The molecule has 218 valence electrons. The molecular formula is C25H31F3N6O6. The van der Waals surface area contributed by atoms with E-state index in [1.165, 1.54) is 24.0 Å². The maximum atomic E-state index is 13.5. The van der Waals surface area contributed by atoms with Gasteiger partial charge in [0.25, 0.3) is 5.91 Å². The second kappa shape index (κ2) is 11.4. The molecule has 3 rings (SSSR count). The minimum Gasteiger partial charge on any atom is -0.479 e. The van der Waals surface area contributed by atoms with Gasteiger partial charge in [-0.15, -0.1) is 0 Å². The predicted octanol–water partition coefficient (Wildman–Crippen LogP) is 2.73. The fourth-order valence-electron chi connectivity index (χ4n) is 3.98. The van der Waals surface area contributed by atoms with Gasteiger partial charge in [0.1, 0.15) is 5.60 Å². The summed E-state index contributed by atoms with van der Waals surface area (Å²) in [6.45, 7) is 5.42. The number of hydrogen-bond acceptors (Lipinski definition) is 6. The second-order valence-corrected chi connectivity index (χ2v) is 10.3. The van der Waals surface area contributed by atoms with E-state index in [0.29, 0.717) is 5.69 Å². The number of ether oxygens (including phenoxy) is 1. The number of nitrogens with zero attached hydrogens (tertiary/aromatic N) is 4. The Bertz CT molecular complexity index is 1260. The first kappa shape index (κ1) is 30.2. The lowest BCUT2D eigenvalue weighted by atomic mass is 9.97. The smallest absolute Gasteiger partial charge is 0.435 e. The molecule has 4 amide bonds. The number of amides is 4. The Morgan fingerprint density at radius 2 is 1.68 bits per heavy atom. The third kappa shape index (κ3) is 7.01. The zero-order valence-corrected chi connectivity index (χ0v) is 22.4. The Balaban J connectivity index is 1.59. The number of aliphatic carboxylic acids is 1. The third-order valence-corrected chi connectivity index (χ3v) is 5.98. The minimum absolute atomic E-state index is 0.00786. The van der Waals surface area contributed by atoms with E-state index in [1.54, 1.807) is 39.0 Å². The fraction of sp³-hybridized carbons (Fsp3) is 0.480. The molecule has 1 fully saturated rings. The van der Waals surface area contributed by atoms with Crippen LogP contribution >= 0.6 is 0 Å². The minimum atomic E-state index is -4.88. The number of carboxylic acids is 1. The second-order valence-electron chi connectivity index (χ2n) is 10.3. The van der Waals surface area contributed by atoms with Gasteiger partial charge in [-0.25, -0.2) is 19.1 Å². The molecule has 1 aromatic carbocycles. The monoisotopic (exact) mass is 568 g/mol. The summed E-state index contributed by atoms with van der Waals surface area (Å²) in [5, 5.41) is 18.2. The molecule has 1 aromatic heterocycles. The van der Waals surface area contributed by atoms with E-state index < -0.39 is 52.6 Å². The van der Waals surface area contributed by atoms with Crippen LogP contribution in [0.5, 0.6) is 0 Å². The molecule has 40 heavy (non-hydrogen) atoms. The van der Waals surface area contributed by atoms with Crippen LogP contribution in [0.4, 0.5) is 22.8 Å². The molecule has 0 saturated carbocycles. The highest BCUT2D eigenvalue weighted by atomic mass is 19.4. The predicted molar refractivity (Wildman–Crippen MR) is 135 cm³/mol. The number of carboxylic acid groups (broad SMARTS) is 1. The van der Waals surface area contributed by atoms with Crippen LogP contribution in [0, 0.1) is 0 Å². The Hall–Kier alpha value is -4.30. The van der Waals surface area contributed by atoms with Gasteiger partial charge in [0, 0.05) is 32.4 Å². The summed E-state index contributed by atoms with van der Waals surface area (Å²) in [4.78, 5) is 52.1. The maximum absolute atomic E-state index is 13.5. The molecule has 3 N–H and O–H groups in total. The highest BCUT2D eigenvalue weighted by molar-refractivity contribution is 5.95. The number of benzene rings is 1. The lowest BCUT2D eigenvalue weighted by Gasteiger charge is -2.45. The number of alkyl halides is 3. The van der Waals surface area contributed by atoms with Crippen molar-refractivity contribution in [2.45, 2.75) is 45.0 Å². The number of piperazine rings is 1. The van der Waals surface area contributed by atoms with Crippen molar-refractivity contribution in [2.24, 2.45) is 0 Å². The number of carbonyl (C=O) groups is 4. The van der Waals surface area contributed by atoms with Gasteiger partial charge in [0.15, 0.2) is 11.2 Å². The number of halogens is 3. The molecule has 1 aliphatic heterocycles. The number of nitrogens with one attached hydrogen (secondary N) is 2. The van der Waals surface area contributed by atoms with Crippen LogP contribution in [0.2, 0.25) is 0 Å². The molecular weight excluding hydrogens is 537 g/mol. The van der Waals surface area contributed by atoms with Crippen molar-refractivity contribution >= 4 is 24.0 Å². The summed E-state index contributed by atoms with van der Waals surface area (Å²) in [5.41, 5.74) is -4.32. The van der Waals surface area contributed by atoms with E-state index in [-0.39, 0.29) is 32.7 Å². The quantitative estimate of drug-likeness (QED) is 0.454. The van der Waals surface area contributed by atoms with E-state index in [0.717, 1.165) is 15.8 Å². The number of rotatable bonds is 6. The summed E-state index contributed by atoms with van der Waals surface area (Å²) in [7, 11) is 0. The number of carbonyl (C=O) groups excluding carboxylic acids is 3. The molecule has 0 spiro atoms. The molecule has 0 aliphatic carbocycles. The molecule has 2 heterocycles. The highest BCUT2D eigenvalue weighted by Crippen LogP contribution is 2.31. The van der Waals surface area contributed by atoms with Crippen molar-refractivity contribution in [3.05, 3.63) is 47.8 Å². The average Bonchev–Trinajstić information content (AvgIpc) is 3.32. The van der Waals surface area contributed by atoms with E-state index in [2.05, 4.69) is 15.7 Å². The van der Waals surface area contributed by atoms with E-state index >= 15 is 0 Å². The van der Waals surface area contributed by atoms with Gasteiger partial charge in [0.2, 0.25) is 0 Å². The van der Waals surface area contributed by atoms with Crippen molar-refractivity contribution in [3.8, 4) is 5.69 Å². The van der Waals surface area contributed by atoms with Gasteiger partial charge < -0.3 is 25.4 Å². The van der Waals surface area contributed by atoms with Crippen LogP contribution < -0.4 is 10.6 Å². The molecule has 1 atom stereocenters. The van der Waals surface area contributed by atoms with Gasteiger partial charge >= 0.3 is 24.3 Å².